The van der Waals surface area contributed by atoms with Crippen LogP contribution < -0.4 is 4.90 Å². The summed E-state index contributed by atoms with van der Waals surface area (Å²) in [6.45, 7) is 2.27. The SMILES string of the molecule is CN(Cc1ccco1)[C@@H]1CN(c2ncc(F)cn2)[C@@H]2CCCO[C@H]12.O=C(O)C(F)(F)F. The Bertz CT molecular complexity index is 848. The second-order valence-electron chi connectivity index (χ2n) is 7.26. The van der Waals surface area contributed by atoms with Crippen LogP contribution in [0.1, 0.15) is 18.6 Å². The Kier molecular flexibility index (Phi) is 7.11. The lowest BCUT2D eigenvalue weighted by Crippen LogP contribution is -2.46. The summed E-state index contributed by atoms with van der Waals surface area (Å²) >= 11 is 0. The van der Waals surface area contributed by atoms with E-state index >= 15 is 0 Å². The van der Waals surface area contributed by atoms with Crippen molar-refractivity contribution in [2.24, 2.45) is 0 Å². The van der Waals surface area contributed by atoms with Crippen LogP contribution in [0.2, 0.25) is 0 Å². The quantitative estimate of drug-likeness (QED) is 0.717. The molecule has 2 aliphatic heterocycles. The van der Waals surface area contributed by atoms with E-state index in [1.54, 1.807) is 6.26 Å². The number of furan rings is 1. The maximum absolute atomic E-state index is 13.1. The molecule has 2 fully saturated rings. The van der Waals surface area contributed by atoms with Gasteiger partial charge >= 0.3 is 12.1 Å². The molecule has 31 heavy (non-hydrogen) atoms. The van der Waals surface area contributed by atoms with Gasteiger partial charge in [-0.15, -0.1) is 0 Å². The predicted octanol–water partition coefficient (Wildman–Crippen LogP) is 2.71. The van der Waals surface area contributed by atoms with Gasteiger partial charge in [0.15, 0.2) is 5.82 Å². The van der Waals surface area contributed by atoms with E-state index < -0.39 is 18.0 Å². The molecule has 4 rings (SSSR count). The van der Waals surface area contributed by atoms with E-state index in [0.29, 0.717) is 5.95 Å². The Labute approximate surface area is 175 Å². The molecule has 0 radical (unpaired) electrons. The molecule has 1 N–H and O–H groups in total. The minimum atomic E-state index is -5.08. The number of aromatic nitrogens is 2. The van der Waals surface area contributed by atoms with Crippen LogP contribution >= 0.6 is 0 Å². The van der Waals surface area contributed by atoms with E-state index in [9.17, 15) is 17.6 Å². The van der Waals surface area contributed by atoms with Gasteiger partial charge in [-0.05, 0) is 32.0 Å². The van der Waals surface area contributed by atoms with Gasteiger partial charge in [0.1, 0.15) is 5.76 Å². The van der Waals surface area contributed by atoms with Crippen molar-refractivity contribution in [3.63, 3.8) is 0 Å². The third-order valence-electron chi connectivity index (χ3n) is 5.15. The van der Waals surface area contributed by atoms with E-state index in [4.69, 9.17) is 19.1 Å². The fourth-order valence-electron chi connectivity index (χ4n) is 3.77. The maximum atomic E-state index is 13.1. The van der Waals surface area contributed by atoms with Crippen molar-refractivity contribution in [1.29, 1.82) is 0 Å². The molecule has 0 aliphatic carbocycles. The number of anilines is 1. The van der Waals surface area contributed by atoms with Crippen molar-refractivity contribution < 1.29 is 36.6 Å². The van der Waals surface area contributed by atoms with E-state index in [0.717, 1.165) is 38.3 Å². The molecule has 0 amide bonds. The second kappa shape index (κ2) is 9.60. The summed E-state index contributed by atoms with van der Waals surface area (Å²) < 4.78 is 56.4. The molecule has 2 aromatic heterocycles. The lowest BCUT2D eigenvalue weighted by Gasteiger charge is -2.34. The fourth-order valence-corrected chi connectivity index (χ4v) is 3.77. The first-order valence-electron chi connectivity index (χ1n) is 9.55. The number of nitrogens with zero attached hydrogens (tertiary/aromatic N) is 4. The largest absolute Gasteiger partial charge is 0.490 e. The zero-order chi connectivity index (χ0) is 22.6. The first kappa shape index (κ1) is 22.9. The van der Waals surface area contributed by atoms with Crippen LogP contribution in [-0.2, 0) is 16.1 Å². The van der Waals surface area contributed by atoms with E-state index in [1.807, 2.05) is 12.1 Å². The summed E-state index contributed by atoms with van der Waals surface area (Å²) in [5.41, 5.74) is 0. The summed E-state index contributed by atoms with van der Waals surface area (Å²) in [4.78, 5) is 21.6. The average molecular weight is 446 g/mol. The van der Waals surface area contributed by atoms with Gasteiger partial charge in [0.2, 0.25) is 5.95 Å². The molecular weight excluding hydrogens is 424 g/mol. The summed E-state index contributed by atoms with van der Waals surface area (Å²) in [5.74, 6) is -1.67. The lowest BCUT2D eigenvalue weighted by molar-refractivity contribution is -0.192. The topological polar surface area (TPSA) is 91.9 Å². The zero-order valence-electron chi connectivity index (χ0n) is 16.6. The van der Waals surface area contributed by atoms with E-state index in [1.165, 1.54) is 12.4 Å². The number of likely N-dealkylation sites (N-methyl/N-ethyl adjacent to an activating group) is 1. The third kappa shape index (κ3) is 5.70. The lowest BCUT2D eigenvalue weighted by atomic mass is 10.0. The number of fused-ring (bicyclic) bond motifs is 1. The number of hydrogen-bond acceptors (Lipinski definition) is 7. The number of alkyl halides is 3. The van der Waals surface area contributed by atoms with Crippen molar-refractivity contribution in [3.8, 4) is 0 Å². The van der Waals surface area contributed by atoms with Crippen LogP contribution in [-0.4, -0.2) is 70.5 Å². The predicted molar refractivity (Wildman–Crippen MR) is 99.8 cm³/mol. The number of rotatable bonds is 4. The number of carbonyl (C=O) groups is 1. The molecule has 0 unspecified atom stereocenters. The smallest absolute Gasteiger partial charge is 0.475 e. The van der Waals surface area contributed by atoms with Gasteiger partial charge in [-0.3, -0.25) is 4.90 Å². The molecule has 12 heteroatoms. The van der Waals surface area contributed by atoms with Crippen molar-refractivity contribution in [3.05, 3.63) is 42.4 Å². The average Bonchev–Trinajstić information content (AvgIpc) is 3.36. The summed E-state index contributed by atoms with van der Waals surface area (Å²) in [7, 11) is 2.08. The molecule has 8 nitrogen and oxygen atoms in total. The van der Waals surface area contributed by atoms with E-state index in [-0.39, 0.29) is 18.2 Å². The summed E-state index contributed by atoms with van der Waals surface area (Å²) in [6.07, 6.45) is 1.22. The Morgan fingerprint density at radius 3 is 2.61 bits per heavy atom. The molecule has 2 saturated heterocycles. The molecule has 0 saturated carbocycles. The van der Waals surface area contributed by atoms with Crippen molar-refractivity contribution in [2.45, 2.75) is 43.8 Å². The standard InChI is InChI=1S/C17H21FN4O2.C2HF3O2/c1-21(10-13-4-2-6-23-13)15-11-22(14-5-3-7-24-16(14)15)17-19-8-12(18)9-20-17;3-2(4,5)1(6)7/h2,4,6,8-9,14-16H,3,5,7,10-11H2,1H3;(H,6,7)/t14-,15-,16+;/m1./s1. The molecule has 2 aliphatic rings. The third-order valence-corrected chi connectivity index (χ3v) is 5.15. The number of carboxylic acids is 1. The van der Waals surface area contributed by atoms with Crippen LogP contribution in [0.5, 0.6) is 0 Å². The number of hydrogen-bond donors (Lipinski definition) is 1. The highest BCUT2D eigenvalue weighted by Crippen LogP contribution is 2.33. The minimum absolute atomic E-state index is 0.104. The van der Waals surface area contributed by atoms with Gasteiger partial charge < -0.3 is 19.2 Å². The molecule has 0 aromatic carbocycles. The number of ether oxygens (including phenoxy) is 1. The fraction of sp³-hybridized carbons (Fsp3) is 0.526. The molecule has 3 atom stereocenters. The number of halogens is 4. The van der Waals surface area contributed by atoms with Gasteiger partial charge in [0.05, 0.1) is 43.4 Å². The molecule has 170 valence electrons. The monoisotopic (exact) mass is 446 g/mol. The summed E-state index contributed by atoms with van der Waals surface area (Å²) in [6, 6.07) is 4.32. The first-order chi connectivity index (χ1) is 14.7. The Morgan fingerprint density at radius 2 is 2.03 bits per heavy atom. The van der Waals surface area contributed by atoms with Gasteiger partial charge in [-0.1, -0.05) is 0 Å². The van der Waals surface area contributed by atoms with Crippen molar-refractivity contribution in [2.75, 3.05) is 25.1 Å². The van der Waals surface area contributed by atoms with Crippen molar-refractivity contribution >= 4 is 11.9 Å². The molecule has 0 spiro atoms. The molecule has 4 heterocycles. The van der Waals surface area contributed by atoms with Gasteiger partial charge in [-0.25, -0.2) is 19.2 Å². The maximum Gasteiger partial charge on any atom is 0.490 e. The van der Waals surface area contributed by atoms with Crippen molar-refractivity contribution in [1.82, 2.24) is 14.9 Å². The van der Waals surface area contributed by atoms with E-state index in [2.05, 4.69) is 26.8 Å². The van der Waals surface area contributed by atoms with Crippen LogP contribution in [0, 0.1) is 5.82 Å². The summed E-state index contributed by atoms with van der Waals surface area (Å²) in [5, 5.41) is 7.12. The van der Waals surface area contributed by atoms with Gasteiger partial charge in [0, 0.05) is 13.2 Å². The van der Waals surface area contributed by atoms with Gasteiger partial charge in [0.25, 0.3) is 0 Å². The van der Waals surface area contributed by atoms with Crippen LogP contribution in [0.25, 0.3) is 0 Å². The Hall–Kier alpha value is -2.73. The zero-order valence-corrected chi connectivity index (χ0v) is 16.6. The minimum Gasteiger partial charge on any atom is -0.475 e. The highest BCUT2D eigenvalue weighted by molar-refractivity contribution is 5.73. The highest BCUT2D eigenvalue weighted by Gasteiger charge is 2.46. The van der Waals surface area contributed by atoms with Gasteiger partial charge in [-0.2, -0.15) is 13.2 Å². The number of carboxylic acid groups (broad SMARTS) is 1. The Balaban J connectivity index is 0.000000339. The molecule has 0 bridgehead atoms. The van der Waals surface area contributed by atoms with Crippen LogP contribution in [0.3, 0.4) is 0 Å². The number of aliphatic carboxylic acids is 1. The highest BCUT2D eigenvalue weighted by atomic mass is 19.4. The molecular formula is C19H22F4N4O4. The van der Waals surface area contributed by atoms with Crippen LogP contribution in [0.4, 0.5) is 23.5 Å². The second-order valence-corrected chi connectivity index (χ2v) is 7.26. The Morgan fingerprint density at radius 1 is 1.35 bits per heavy atom. The molecule has 2 aromatic rings. The normalized spacial score (nSPS) is 23.3. The van der Waals surface area contributed by atoms with Crippen LogP contribution in [0.15, 0.2) is 35.2 Å². The first-order valence-corrected chi connectivity index (χ1v) is 9.55.